The zero-order valence-electron chi connectivity index (χ0n) is 48.5. The molecule has 0 spiro atoms. The molecule has 0 bridgehead atoms. The molecule has 0 aliphatic heterocycles. The van der Waals surface area contributed by atoms with Crippen LogP contribution in [0.2, 0.25) is 0 Å². The maximum atomic E-state index is 14.0. The molecule has 4 aromatic carbocycles. The van der Waals surface area contributed by atoms with E-state index in [9.17, 15) is 57.4 Å². The number of carbonyl (C=O) groups excluding carboxylic acids is 3. The van der Waals surface area contributed by atoms with Gasteiger partial charge < -0.3 is 20.5 Å². The number of halogens is 3. The van der Waals surface area contributed by atoms with Crippen molar-refractivity contribution < 1.29 is 83.6 Å². The molecule has 0 aliphatic carbocycles. The van der Waals surface area contributed by atoms with Gasteiger partial charge in [0, 0.05) is 45.7 Å². The zero-order valence-corrected chi connectivity index (χ0v) is 50.9. The number of benzene rings is 4. The number of rotatable bonds is 15. The van der Waals surface area contributed by atoms with Gasteiger partial charge in [-0.1, -0.05) is 52.6 Å². The molecule has 0 aliphatic rings. The second-order valence-electron chi connectivity index (χ2n) is 17.2. The number of nitrogens with zero attached hydrogens (tertiary/aromatic N) is 12. The van der Waals surface area contributed by atoms with E-state index in [1.807, 2.05) is 110 Å². The molecule has 0 radical (unpaired) electrons. The average Bonchev–Trinajstić information content (AvgIpc) is 4.26. The van der Waals surface area contributed by atoms with Gasteiger partial charge in [-0.2, -0.15) is 16.8 Å². The smallest absolute Gasteiger partial charge is 0.421 e. The first-order valence-electron chi connectivity index (χ1n) is 24.3. The highest BCUT2D eigenvalue weighted by atomic mass is 32.3. The summed E-state index contributed by atoms with van der Waals surface area (Å²) in [6.07, 6.45) is 13.5. The van der Waals surface area contributed by atoms with Crippen LogP contribution in [-0.4, -0.2) is 95.1 Å². The maximum absolute atomic E-state index is 14.0. The van der Waals surface area contributed by atoms with Crippen LogP contribution in [0.3, 0.4) is 0 Å². The molecule has 0 fully saturated rings. The van der Waals surface area contributed by atoms with Crippen LogP contribution in [0.1, 0.15) is 25.8 Å². The third-order valence-corrected chi connectivity index (χ3v) is 11.9. The lowest BCUT2D eigenvalue weighted by Gasteiger charge is -2.06. The third kappa shape index (κ3) is 28.4. The highest BCUT2D eigenvalue weighted by Gasteiger charge is 2.16. The molecule has 0 saturated heterocycles. The van der Waals surface area contributed by atoms with Gasteiger partial charge in [0.1, 0.15) is 17.1 Å². The number of hydrogen-bond acceptors (Lipinski definition) is 19. The number of azo groups is 3. The summed E-state index contributed by atoms with van der Waals surface area (Å²) in [6, 6.07) is 22.0. The molecule has 85 heavy (non-hydrogen) atoms. The number of amides is 3. The Morgan fingerprint density at radius 3 is 1.09 bits per heavy atom. The topological polar surface area (TPSA) is 341 Å². The Morgan fingerprint density at radius 1 is 0.529 bits per heavy atom. The van der Waals surface area contributed by atoms with E-state index in [-0.39, 0.29) is 41.2 Å². The highest BCUT2D eigenvalue weighted by Crippen LogP contribution is 2.27. The second-order valence-corrected chi connectivity index (χ2v) is 21.8. The molecule has 3 heterocycles. The highest BCUT2D eigenvalue weighted by molar-refractivity contribution is 7.86. The summed E-state index contributed by atoms with van der Waals surface area (Å²) in [5.74, 6) is -0.322. The van der Waals surface area contributed by atoms with Crippen molar-refractivity contribution >= 4 is 100 Å². The summed E-state index contributed by atoms with van der Waals surface area (Å²) < 4.78 is 130. The SMILES string of the molecule is CC(=O)Nc1ccc(F)c(N=Nc2n(C)cc[n+]2C)c1.CCC(=O)Nc1ccc(F)c(N=Nc2n(C)cc[n+]2C)c1.COS(=O)(=O)[O-].COS(C)(=O)=O.COS(C)(=O)=O.Cn1cc[n+](C)c1N=Nc1cc(NC(=O)Cc2ccccc2)ccc1F. The molecule has 7 rings (SSSR count). The van der Waals surface area contributed by atoms with Crippen LogP contribution < -0.4 is 29.7 Å². The van der Waals surface area contributed by atoms with Gasteiger partial charge in [0.05, 0.1) is 120 Å². The van der Waals surface area contributed by atoms with E-state index in [1.54, 1.807) is 34.3 Å². The maximum Gasteiger partial charge on any atom is 0.421 e. The summed E-state index contributed by atoms with van der Waals surface area (Å²) in [4.78, 5) is 34.5. The van der Waals surface area contributed by atoms with E-state index in [4.69, 9.17) is 0 Å². The van der Waals surface area contributed by atoms with Gasteiger partial charge in [0.15, 0.2) is 17.5 Å². The van der Waals surface area contributed by atoms with E-state index in [0.717, 1.165) is 39.4 Å². The molecule has 34 heteroatoms. The molecule has 28 nitrogen and oxygen atoms in total. The van der Waals surface area contributed by atoms with Gasteiger partial charge >= 0.3 is 17.8 Å². The van der Waals surface area contributed by atoms with E-state index in [1.165, 1.54) is 61.5 Å². The van der Waals surface area contributed by atoms with Crippen molar-refractivity contribution in [3.63, 3.8) is 0 Å². The summed E-state index contributed by atoms with van der Waals surface area (Å²) in [7, 11) is 3.24. The molecular weight excluding hydrogens is 1180 g/mol. The number of aromatic nitrogens is 6. The van der Waals surface area contributed by atoms with Crippen LogP contribution in [0.5, 0.6) is 0 Å². The normalized spacial score (nSPS) is 11.2. The number of nitrogens with one attached hydrogen (secondary N) is 3. The van der Waals surface area contributed by atoms with E-state index < -0.39 is 48.1 Å². The molecule has 3 amide bonds. The first-order chi connectivity index (χ1) is 39.7. The lowest BCUT2D eigenvalue weighted by molar-refractivity contribution is -0.657. The Morgan fingerprint density at radius 2 is 0.835 bits per heavy atom. The minimum atomic E-state index is -4.41. The van der Waals surface area contributed by atoms with Crippen molar-refractivity contribution in [2.75, 3.05) is 49.8 Å². The number of anilines is 3. The quantitative estimate of drug-likeness (QED) is 0.0307. The molecular formula is C51H66F3N15O13S3+2. The first-order valence-corrected chi connectivity index (χ1v) is 29.3. The van der Waals surface area contributed by atoms with Crippen molar-refractivity contribution in [3.05, 3.63) is 145 Å². The third-order valence-electron chi connectivity index (χ3n) is 10.2. The Kier molecular flexibility index (Phi) is 29.5. The molecule has 0 saturated carbocycles. The molecule has 3 aromatic heterocycles. The van der Waals surface area contributed by atoms with Gasteiger partial charge in [-0.25, -0.2) is 49.0 Å². The van der Waals surface area contributed by atoms with E-state index >= 15 is 0 Å². The van der Waals surface area contributed by atoms with Crippen molar-refractivity contribution in [1.82, 2.24) is 13.7 Å². The first kappa shape index (κ1) is 72.3. The Labute approximate surface area is 490 Å². The predicted octanol–water partition coefficient (Wildman–Crippen LogP) is 6.98. The van der Waals surface area contributed by atoms with E-state index in [2.05, 4.69) is 59.2 Å². The van der Waals surface area contributed by atoms with Crippen LogP contribution >= 0.6 is 0 Å². The summed E-state index contributed by atoms with van der Waals surface area (Å²) in [6.45, 7) is 3.13. The Hall–Kier alpha value is -8.80. The molecule has 7 aromatic rings. The Bertz CT molecular complexity index is 3670. The monoisotopic (exact) mass is 1250 g/mol. The minimum Gasteiger partial charge on any atom is -0.726 e. The standard InChI is InChI=1S/C19H18FN5O.C14H16FN5O.C13H14FN5O.2C2H6O3S.CH4O4S/c1-24-10-11-25(2)19(24)23-22-17-13-15(8-9-16(17)20)21-18(26)12-14-6-4-3-5-7-14;1-4-13(21)16-10-5-6-11(15)12(9-10)17-18-14-19(2)7-8-20(14)3;1-9(20)15-10-4-5-11(14)12(8-10)16-17-13-18(2)6-7-19(13)3;3*1-5-6(2,3)4/h3-11,13H,12H2,1-2H3;5-9H,4H2,1-3H3;4-8H,1-3H3;2*1-2H3;1H3,(H,2,3,4)/p+2. The average molecular weight is 1250 g/mol. The summed E-state index contributed by atoms with van der Waals surface area (Å²) in [5.41, 5.74) is 2.55. The van der Waals surface area contributed by atoms with Gasteiger partial charge in [-0.3, -0.25) is 26.9 Å². The predicted molar refractivity (Wildman–Crippen MR) is 304 cm³/mol. The largest absolute Gasteiger partial charge is 0.726 e. The van der Waals surface area contributed by atoms with Gasteiger partial charge in [-0.05, 0) is 60.2 Å². The fraction of sp³-hybridized carbons (Fsp3) is 0.294. The van der Waals surface area contributed by atoms with Crippen LogP contribution in [-0.2, 0) is 106 Å². The van der Waals surface area contributed by atoms with Gasteiger partial charge in [-0.15, -0.1) is 0 Å². The lowest BCUT2D eigenvalue weighted by Crippen LogP contribution is -2.25. The van der Waals surface area contributed by atoms with Crippen molar-refractivity contribution in [2.24, 2.45) is 73.0 Å². The van der Waals surface area contributed by atoms with E-state index in [0.29, 0.717) is 41.3 Å². The number of imidazole rings is 3. The zero-order chi connectivity index (χ0) is 64.2. The van der Waals surface area contributed by atoms with Crippen LogP contribution in [0.4, 0.5) is 65.1 Å². The van der Waals surface area contributed by atoms with Gasteiger partial charge in [0.2, 0.25) is 28.1 Å². The van der Waals surface area contributed by atoms with Crippen LogP contribution in [0.15, 0.2) is 153 Å². The fourth-order valence-electron chi connectivity index (χ4n) is 5.91. The van der Waals surface area contributed by atoms with Crippen LogP contribution in [0, 0.1) is 17.5 Å². The van der Waals surface area contributed by atoms with Crippen LogP contribution in [0.25, 0.3) is 0 Å². The van der Waals surface area contributed by atoms with Crippen molar-refractivity contribution in [2.45, 2.75) is 26.7 Å². The minimum absolute atomic E-state index is 0.0590. The number of hydrogen-bond donors (Lipinski definition) is 3. The lowest BCUT2D eigenvalue weighted by atomic mass is 10.1. The van der Waals surface area contributed by atoms with Gasteiger partial charge in [0.25, 0.3) is 20.2 Å². The number of aryl methyl sites for hydroxylation is 6. The fourth-order valence-corrected chi connectivity index (χ4v) is 5.91. The second kappa shape index (κ2) is 34.7. The van der Waals surface area contributed by atoms with Crippen molar-refractivity contribution in [3.8, 4) is 0 Å². The molecule has 0 unspecified atom stereocenters. The summed E-state index contributed by atoms with van der Waals surface area (Å²) in [5, 5.41) is 31.9. The molecule has 3 N–H and O–H groups in total. The number of carbonyl (C=O) groups is 3. The van der Waals surface area contributed by atoms with Crippen molar-refractivity contribution in [1.29, 1.82) is 0 Å². The molecule has 460 valence electrons. The Balaban J connectivity index is 0.000000382. The molecule has 0 atom stereocenters. The summed E-state index contributed by atoms with van der Waals surface area (Å²) >= 11 is 0.